The van der Waals surface area contributed by atoms with Crippen LogP contribution in [0.2, 0.25) is 0 Å². The lowest BCUT2D eigenvalue weighted by Crippen LogP contribution is -2.16. The summed E-state index contributed by atoms with van der Waals surface area (Å²) in [6.07, 6.45) is 1.39. The van der Waals surface area contributed by atoms with Gasteiger partial charge in [0.05, 0.1) is 6.26 Å². The zero-order valence-electron chi connectivity index (χ0n) is 11.2. The van der Waals surface area contributed by atoms with Gasteiger partial charge in [-0.05, 0) is 31.2 Å². The van der Waals surface area contributed by atoms with Gasteiger partial charge in [-0.3, -0.25) is 9.59 Å². The third-order valence-electron chi connectivity index (χ3n) is 3.05. The highest BCUT2D eigenvalue weighted by molar-refractivity contribution is 6.13. The van der Waals surface area contributed by atoms with E-state index in [1.165, 1.54) is 12.3 Å². The molecule has 0 spiro atoms. The summed E-state index contributed by atoms with van der Waals surface area (Å²) >= 11 is 0. The molecule has 2 aromatic heterocycles. The summed E-state index contributed by atoms with van der Waals surface area (Å²) < 4.78 is 10.4. The van der Waals surface area contributed by atoms with Crippen LogP contribution in [0.25, 0.3) is 11.0 Å². The van der Waals surface area contributed by atoms with Crippen molar-refractivity contribution in [3.05, 3.63) is 53.7 Å². The molecule has 0 aliphatic rings. The van der Waals surface area contributed by atoms with E-state index in [1.54, 1.807) is 12.1 Å². The Bertz CT molecular complexity index is 831. The van der Waals surface area contributed by atoms with Gasteiger partial charge in [-0.15, -0.1) is 0 Å². The minimum atomic E-state index is -0.751. The molecule has 0 bridgehead atoms. The molecule has 0 atom stereocenters. The summed E-state index contributed by atoms with van der Waals surface area (Å²) in [6, 6.07) is 8.49. The zero-order chi connectivity index (χ0) is 15.0. The molecule has 0 aliphatic carbocycles. The molecule has 106 valence electrons. The number of carbonyl (C=O) groups excluding carboxylic acids is 2. The van der Waals surface area contributed by atoms with Crippen LogP contribution < -0.4 is 11.1 Å². The number of hydrogen-bond acceptors (Lipinski definition) is 4. The summed E-state index contributed by atoms with van der Waals surface area (Å²) in [6.45, 7) is 1.90. The van der Waals surface area contributed by atoms with Crippen molar-refractivity contribution in [2.24, 2.45) is 5.73 Å². The van der Waals surface area contributed by atoms with Crippen LogP contribution in [-0.2, 0) is 0 Å². The van der Waals surface area contributed by atoms with Crippen molar-refractivity contribution in [2.45, 2.75) is 6.92 Å². The largest absolute Gasteiger partial charge is 0.459 e. The normalized spacial score (nSPS) is 10.7. The number of hydrogen-bond donors (Lipinski definition) is 2. The van der Waals surface area contributed by atoms with E-state index in [0.717, 1.165) is 5.56 Å². The number of carbonyl (C=O) groups is 2. The van der Waals surface area contributed by atoms with Gasteiger partial charge < -0.3 is 19.9 Å². The van der Waals surface area contributed by atoms with Crippen molar-refractivity contribution in [1.29, 1.82) is 0 Å². The lowest BCUT2D eigenvalue weighted by atomic mass is 10.1. The third-order valence-corrected chi connectivity index (χ3v) is 3.05. The Labute approximate surface area is 119 Å². The van der Waals surface area contributed by atoms with E-state index in [9.17, 15) is 9.59 Å². The highest BCUT2D eigenvalue weighted by Gasteiger charge is 2.21. The molecule has 2 amide bonds. The number of amides is 2. The van der Waals surface area contributed by atoms with Crippen molar-refractivity contribution in [2.75, 3.05) is 5.32 Å². The molecule has 6 nitrogen and oxygen atoms in total. The van der Waals surface area contributed by atoms with E-state index < -0.39 is 11.8 Å². The number of furan rings is 2. The second-order valence-corrected chi connectivity index (χ2v) is 4.60. The number of aryl methyl sites for hydroxylation is 1. The molecule has 0 aliphatic heterocycles. The number of nitrogens with two attached hydrogens (primary N) is 1. The predicted molar refractivity (Wildman–Crippen MR) is 76.1 cm³/mol. The second-order valence-electron chi connectivity index (χ2n) is 4.60. The number of fused-ring (bicyclic) bond motifs is 1. The molecular formula is C15H12N2O4. The van der Waals surface area contributed by atoms with Crippen molar-refractivity contribution in [3.8, 4) is 0 Å². The summed E-state index contributed by atoms with van der Waals surface area (Å²) in [4.78, 5) is 23.6. The smallest absolute Gasteiger partial charge is 0.291 e. The topological polar surface area (TPSA) is 98.5 Å². The van der Waals surface area contributed by atoms with E-state index in [-0.39, 0.29) is 17.2 Å². The molecule has 0 unspecified atom stereocenters. The number of benzene rings is 1. The van der Waals surface area contributed by atoms with E-state index in [0.29, 0.717) is 11.0 Å². The van der Waals surface area contributed by atoms with Crippen LogP contribution in [-0.4, -0.2) is 11.8 Å². The van der Waals surface area contributed by atoms with Gasteiger partial charge in [0, 0.05) is 5.39 Å². The molecule has 0 saturated carbocycles. The van der Waals surface area contributed by atoms with Gasteiger partial charge in [0.2, 0.25) is 5.76 Å². The number of nitrogens with one attached hydrogen (secondary N) is 1. The molecule has 3 rings (SSSR count). The van der Waals surface area contributed by atoms with Crippen LogP contribution in [0.5, 0.6) is 0 Å². The van der Waals surface area contributed by atoms with Gasteiger partial charge in [-0.1, -0.05) is 11.6 Å². The Balaban J connectivity index is 2.11. The van der Waals surface area contributed by atoms with Gasteiger partial charge >= 0.3 is 0 Å². The number of rotatable bonds is 3. The monoisotopic (exact) mass is 284 g/mol. The summed E-state index contributed by atoms with van der Waals surface area (Å²) in [5.41, 5.74) is 7.00. The Hall–Kier alpha value is -3.02. The summed E-state index contributed by atoms with van der Waals surface area (Å²) in [5.74, 6) is -1.19. The minimum absolute atomic E-state index is 0.0875. The van der Waals surface area contributed by atoms with Crippen LogP contribution in [0.3, 0.4) is 0 Å². The van der Waals surface area contributed by atoms with Crippen molar-refractivity contribution < 1.29 is 18.4 Å². The van der Waals surface area contributed by atoms with Gasteiger partial charge in [-0.2, -0.15) is 0 Å². The SMILES string of the molecule is Cc1ccc2oc(C(N)=O)c(NC(=O)c3ccco3)c2c1. The molecule has 0 saturated heterocycles. The molecular weight excluding hydrogens is 272 g/mol. The van der Waals surface area contributed by atoms with Gasteiger partial charge in [0.1, 0.15) is 11.3 Å². The maximum Gasteiger partial charge on any atom is 0.291 e. The lowest BCUT2D eigenvalue weighted by molar-refractivity contribution is 0.0977. The first-order chi connectivity index (χ1) is 10.1. The number of primary amides is 1. The van der Waals surface area contributed by atoms with Gasteiger partial charge in [0.15, 0.2) is 5.76 Å². The average molecular weight is 284 g/mol. The molecule has 0 fully saturated rings. The first-order valence-electron chi connectivity index (χ1n) is 6.24. The standard InChI is InChI=1S/C15H12N2O4/c1-8-4-5-10-9(7-8)12(13(21-10)14(16)18)17-15(19)11-3-2-6-20-11/h2-7H,1H3,(H2,16,18)(H,17,19). The van der Waals surface area contributed by atoms with Crippen LogP contribution in [0.15, 0.2) is 45.4 Å². The molecule has 2 heterocycles. The Kier molecular flexibility index (Phi) is 2.98. The maximum absolute atomic E-state index is 12.1. The highest BCUT2D eigenvalue weighted by atomic mass is 16.4. The van der Waals surface area contributed by atoms with Crippen LogP contribution in [0.4, 0.5) is 5.69 Å². The fourth-order valence-corrected chi connectivity index (χ4v) is 2.09. The van der Waals surface area contributed by atoms with Crippen molar-refractivity contribution in [1.82, 2.24) is 0 Å². The quantitative estimate of drug-likeness (QED) is 0.772. The van der Waals surface area contributed by atoms with E-state index in [2.05, 4.69) is 5.32 Å². The van der Waals surface area contributed by atoms with Gasteiger partial charge in [-0.25, -0.2) is 0 Å². The summed E-state index contributed by atoms with van der Waals surface area (Å²) in [7, 11) is 0. The Morgan fingerprint density at radius 2 is 2.05 bits per heavy atom. The first-order valence-corrected chi connectivity index (χ1v) is 6.24. The summed E-state index contributed by atoms with van der Waals surface area (Å²) in [5, 5.41) is 3.23. The van der Waals surface area contributed by atoms with E-state index >= 15 is 0 Å². The predicted octanol–water partition coefficient (Wildman–Crippen LogP) is 2.69. The van der Waals surface area contributed by atoms with Gasteiger partial charge in [0.25, 0.3) is 11.8 Å². The number of anilines is 1. The zero-order valence-corrected chi connectivity index (χ0v) is 11.2. The van der Waals surface area contributed by atoms with Crippen LogP contribution >= 0.6 is 0 Å². The Morgan fingerprint density at radius 1 is 1.24 bits per heavy atom. The Morgan fingerprint density at radius 3 is 2.71 bits per heavy atom. The molecule has 3 N–H and O–H groups in total. The van der Waals surface area contributed by atoms with Crippen LogP contribution in [0.1, 0.15) is 26.7 Å². The minimum Gasteiger partial charge on any atom is -0.459 e. The molecule has 3 aromatic rings. The fourth-order valence-electron chi connectivity index (χ4n) is 2.09. The third kappa shape index (κ3) is 2.27. The second kappa shape index (κ2) is 4.82. The highest BCUT2D eigenvalue weighted by Crippen LogP contribution is 2.31. The van der Waals surface area contributed by atoms with E-state index in [1.807, 2.05) is 19.1 Å². The average Bonchev–Trinajstić information content (AvgIpc) is 3.07. The van der Waals surface area contributed by atoms with E-state index in [4.69, 9.17) is 14.6 Å². The molecule has 21 heavy (non-hydrogen) atoms. The maximum atomic E-state index is 12.1. The van der Waals surface area contributed by atoms with Crippen molar-refractivity contribution in [3.63, 3.8) is 0 Å². The molecule has 0 radical (unpaired) electrons. The molecule has 6 heteroatoms. The van der Waals surface area contributed by atoms with Crippen LogP contribution in [0, 0.1) is 6.92 Å². The van der Waals surface area contributed by atoms with Crippen molar-refractivity contribution >= 4 is 28.5 Å². The fraction of sp³-hybridized carbons (Fsp3) is 0.0667. The first kappa shape index (κ1) is 13.0. The molecule has 1 aromatic carbocycles. The lowest BCUT2D eigenvalue weighted by Gasteiger charge is -2.02.